The van der Waals surface area contributed by atoms with Gasteiger partial charge in [-0.3, -0.25) is 14.5 Å². The van der Waals surface area contributed by atoms with Gasteiger partial charge in [-0.1, -0.05) is 42.5 Å². The van der Waals surface area contributed by atoms with Gasteiger partial charge in [-0.05, 0) is 73.4 Å². The van der Waals surface area contributed by atoms with Gasteiger partial charge in [0, 0.05) is 29.5 Å². The van der Waals surface area contributed by atoms with E-state index < -0.39 is 11.8 Å². The summed E-state index contributed by atoms with van der Waals surface area (Å²) >= 11 is 0. The van der Waals surface area contributed by atoms with Crippen LogP contribution >= 0.6 is 0 Å². The summed E-state index contributed by atoms with van der Waals surface area (Å²) in [6.07, 6.45) is 4.86. The van der Waals surface area contributed by atoms with Gasteiger partial charge in [0.05, 0.1) is 18.3 Å². The van der Waals surface area contributed by atoms with Crippen molar-refractivity contribution in [2.75, 3.05) is 13.2 Å². The fraction of sp³-hybridized carbons (Fsp3) is 0.200. The molecule has 220 valence electrons. The summed E-state index contributed by atoms with van der Waals surface area (Å²) in [5, 5.41) is 14.7. The second-order valence-electron chi connectivity index (χ2n) is 10.7. The van der Waals surface area contributed by atoms with Crippen molar-refractivity contribution >= 4 is 17.9 Å². The monoisotopic (exact) mass is 588 g/mol. The van der Waals surface area contributed by atoms with Crippen molar-refractivity contribution in [3.63, 3.8) is 0 Å². The quantitative estimate of drug-likeness (QED) is 0.184. The molecule has 8 nitrogen and oxygen atoms in total. The molecule has 4 aromatic rings. The topological polar surface area (TPSA) is 97.5 Å². The summed E-state index contributed by atoms with van der Waals surface area (Å²) in [7, 11) is 0. The molecular weight excluding hydrogens is 559 g/mol. The Hall–Kier alpha value is -5.33. The van der Waals surface area contributed by atoms with Crippen LogP contribution in [0.1, 0.15) is 30.9 Å². The zero-order valence-corrected chi connectivity index (χ0v) is 24.1. The number of hydrogen-bond acceptors (Lipinski definition) is 6. The van der Waals surface area contributed by atoms with Crippen LogP contribution in [0, 0.1) is 17.1 Å². The molecule has 0 aliphatic carbocycles. The SMILES string of the molecule is CC1=C(C#N)C(=O)N(CC2CCCO2)C(=O)/C1=C/c1cn(-c2ccccc2)nc1-c1cccc(OCc2ccc(F)cc2)c1. The van der Waals surface area contributed by atoms with E-state index in [1.165, 1.54) is 12.1 Å². The van der Waals surface area contributed by atoms with Crippen molar-refractivity contribution in [1.29, 1.82) is 5.26 Å². The van der Waals surface area contributed by atoms with Crippen LogP contribution in [-0.2, 0) is 20.9 Å². The molecule has 3 heterocycles. The van der Waals surface area contributed by atoms with Gasteiger partial charge < -0.3 is 9.47 Å². The number of rotatable bonds is 8. The summed E-state index contributed by atoms with van der Waals surface area (Å²) in [6, 6.07) is 25.1. The van der Waals surface area contributed by atoms with Crippen molar-refractivity contribution in [2.45, 2.75) is 32.5 Å². The number of nitriles is 1. The van der Waals surface area contributed by atoms with Crippen molar-refractivity contribution in [3.05, 3.63) is 119 Å². The summed E-state index contributed by atoms with van der Waals surface area (Å²) in [6.45, 7) is 2.55. The van der Waals surface area contributed by atoms with Gasteiger partial charge in [0.1, 0.15) is 35.5 Å². The van der Waals surface area contributed by atoms with Gasteiger partial charge in [-0.25, -0.2) is 9.07 Å². The minimum Gasteiger partial charge on any atom is -0.489 e. The van der Waals surface area contributed by atoms with Crippen LogP contribution in [0.4, 0.5) is 4.39 Å². The number of halogens is 1. The first-order valence-corrected chi connectivity index (χ1v) is 14.3. The molecular formula is C35H29FN4O4. The highest BCUT2D eigenvalue weighted by Crippen LogP contribution is 2.33. The van der Waals surface area contributed by atoms with E-state index in [4.69, 9.17) is 14.6 Å². The highest BCUT2D eigenvalue weighted by Gasteiger charge is 2.37. The van der Waals surface area contributed by atoms with E-state index in [2.05, 4.69) is 0 Å². The summed E-state index contributed by atoms with van der Waals surface area (Å²) in [4.78, 5) is 28.1. The van der Waals surface area contributed by atoms with E-state index in [1.807, 2.05) is 66.9 Å². The van der Waals surface area contributed by atoms with Gasteiger partial charge >= 0.3 is 0 Å². The summed E-state index contributed by atoms with van der Waals surface area (Å²) in [5.41, 5.74) is 4.08. The molecule has 0 N–H and O–H groups in total. The van der Waals surface area contributed by atoms with Crippen molar-refractivity contribution in [1.82, 2.24) is 14.7 Å². The van der Waals surface area contributed by atoms with Gasteiger partial charge in [0.15, 0.2) is 0 Å². The fourth-order valence-corrected chi connectivity index (χ4v) is 5.35. The third-order valence-corrected chi connectivity index (χ3v) is 7.72. The Morgan fingerprint density at radius 2 is 1.86 bits per heavy atom. The predicted molar refractivity (Wildman–Crippen MR) is 162 cm³/mol. The molecule has 1 fully saturated rings. The Morgan fingerprint density at radius 3 is 2.59 bits per heavy atom. The lowest BCUT2D eigenvalue weighted by molar-refractivity contribution is -0.142. The van der Waals surface area contributed by atoms with E-state index in [-0.39, 0.29) is 36.2 Å². The standard InChI is InChI=1S/C35H29FN4O4/c1-23-31(34(41)39(35(42)32(23)19-37)21-30-11-6-16-43-30)18-26-20-40(28-8-3-2-4-9-28)38-33(26)25-7-5-10-29(17-25)44-22-24-12-14-27(36)15-13-24/h2-5,7-10,12-15,17-18,20,30H,6,11,16,21-22H2,1H3/b31-18+. The van der Waals surface area contributed by atoms with Crippen LogP contribution in [0.15, 0.2) is 102 Å². The highest BCUT2D eigenvalue weighted by molar-refractivity contribution is 6.19. The number of nitrogens with zero attached hydrogens (tertiary/aromatic N) is 4. The first kappa shape index (κ1) is 28.8. The summed E-state index contributed by atoms with van der Waals surface area (Å²) < 4.78 is 26.7. The molecule has 1 saturated heterocycles. The second kappa shape index (κ2) is 12.5. The average Bonchev–Trinajstić information content (AvgIpc) is 3.72. The minimum absolute atomic E-state index is 0.0676. The summed E-state index contributed by atoms with van der Waals surface area (Å²) in [5.74, 6) is -0.801. The number of aromatic nitrogens is 2. The van der Waals surface area contributed by atoms with E-state index in [1.54, 1.807) is 29.8 Å². The van der Waals surface area contributed by atoms with E-state index in [0.717, 1.165) is 34.6 Å². The Bertz CT molecular complexity index is 1810. The Kier molecular flexibility index (Phi) is 8.17. The predicted octanol–water partition coefficient (Wildman–Crippen LogP) is 6.03. The molecule has 0 spiro atoms. The molecule has 1 unspecified atom stereocenters. The third-order valence-electron chi connectivity index (χ3n) is 7.72. The number of ether oxygens (including phenoxy) is 2. The van der Waals surface area contributed by atoms with Crippen LogP contribution in [0.3, 0.4) is 0 Å². The molecule has 0 radical (unpaired) electrons. The zero-order chi connectivity index (χ0) is 30.6. The van der Waals surface area contributed by atoms with Gasteiger partial charge in [-0.15, -0.1) is 0 Å². The molecule has 1 atom stereocenters. The normalized spacial score (nSPS) is 17.8. The van der Waals surface area contributed by atoms with Gasteiger partial charge in [0.25, 0.3) is 11.8 Å². The maximum atomic E-state index is 13.8. The Labute approximate surface area is 254 Å². The Balaban J connectivity index is 1.40. The van der Waals surface area contributed by atoms with Crippen molar-refractivity contribution in [3.8, 4) is 28.8 Å². The lowest BCUT2D eigenvalue weighted by Gasteiger charge is -2.29. The lowest BCUT2D eigenvalue weighted by atomic mass is 9.93. The first-order chi connectivity index (χ1) is 21.4. The third kappa shape index (κ3) is 5.93. The number of amides is 2. The number of carbonyl (C=O) groups excluding carboxylic acids is 2. The number of benzene rings is 3. The average molecular weight is 589 g/mol. The van der Waals surface area contributed by atoms with Crippen LogP contribution in [-0.4, -0.2) is 45.8 Å². The van der Waals surface area contributed by atoms with Crippen molar-refractivity contribution < 1.29 is 23.5 Å². The molecule has 9 heteroatoms. The van der Waals surface area contributed by atoms with E-state index >= 15 is 0 Å². The molecule has 2 aliphatic rings. The smallest absolute Gasteiger partial charge is 0.271 e. The van der Waals surface area contributed by atoms with Gasteiger partial charge in [0.2, 0.25) is 0 Å². The maximum Gasteiger partial charge on any atom is 0.271 e. The molecule has 0 saturated carbocycles. The molecule has 3 aromatic carbocycles. The van der Waals surface area contributed by atoms with Crippen LogP contribution in [0.5, 0.6) is 5.75 Å². The number of imide groups is 1. The lowest BCUT2D eigenvalue weighted by Crippen LogP contribution is -2.46. The molecule has 1 aromatic heterocycles. The first-order valence-electron chi connectivity index (χ1n) is 14.3. The highest BCUT2D eigenvalue weighted by atomic mass is 19.1. The zero-order valence-electron chi connectivity index (χ0n) is 24.1. The van der Waals surface area contributed by atoms with E-state index in [0.29, 0.717) is 29.2 Å². The second-order valence-corrected chi connectivity index (χ2v) is 10.7. The molecule has 44 heavy (non-hydrogen) atoms. The minimum atomic E-state index is -0.603. The number of carbonyl (C=O) groups is 2. The number of para-hydroxylation sites is 1. The number of hydrogen-bond donors (Lipinski definition) is 0. The van der Waals surface area contributed by atoms with Crippen molar-refractivity contribution in [2.24, 2.45) is 0 Å². The molecule has 0 bridgehead atoms. The van der Waals surface area contributed by atoms with Crippen LogP contribution in [0.2, 0.25) is 0 Å². The molecule has 6 rings (SSSR count). The van der Waals surface area contributed by atoms with Crippen LogP contribution in [0.25, 0.3) is 23.0 Å². The fourth-order valence-electron chi connectivity index (χ4n) is 5.35. The van der Waals surface area contributed by atoms with Crippen LogP contribution < -0.4 is 4.74 Å². The van der Waals surface area contributed by atoms with E-state index in [9.17, 15) is 19.2 Å². The maximum absolute atomic E-state index is 13.8. The van der Waals surface area contributed by atoms with Gasteiger partial charge in [-0.2, -0.15) is 10.4 Å². The largest absolute Gasteiger partial charge is 0.489 e. The molecule has 2 amide bonds. The molecule has 2 aliphatic heterocycles. The Morgan fingerprint density at radius 1 is 1.07 bits per heavy atom.